The van der Waals surface area contributed by atoms with E-state index in [0.29, 0.717) is 30.1 Å². The number of benzene rings is 1. The number of nitrogens with zero attached hydrogens (tertiary/aromatic N) is 4. The molecule has 1 N–H and O–H groups in total. The van der Waals surface area contributed by atoms with Gasteiger partial charge in [0.05, 0.1) is 25.0 Å². The van der Waals surface area contributed by atoms with Crippen LogP contribution in [0.5, 0.6) is 5.75 Å². The molecule has 1 aliphatic heterocycles. The molecule has 196 valence electrons. The van der Waals surface area contributed by atoms with Crippen molar-refractivity contribution in [1.82, 2.24) is 24.5 Å². The number of H-pyrrole nitrogens is 1. The number of methoxy groups -OCH3 is 1. The van der Waals surface area contributed by atoms with Gasteiger partial charge in [-0.1, -0.05) is 19.9 Å². The van der Waals surface area contributed by atoms with E-state index >= 15 is 0 Å². The Bertz CT molecular complexity index is 1390. The number of pyridine rings is 1. The summed E-state index contributed by atoms with van der Waals surface area (Å²) in [6, 6.07) is 9.84. The molecule has 0 radical (unpaired) electrons. The first-order valence-corrected chi connectivity index (χ1v) is 13.8. The third-order valence-corrected chi connectivity index (χ3v) is 8.42. The Hall–Kier alpha value is -2.90. The second kappa shape index (κ2) is 9.76. The van der Waals surface area contributed by atoms with Crippen molar-refractivity contribution < 1.29 is 9.47 Å². The van der Waals surface area contributed by atoms with Crippen molar-refractivity contribution in [1.29, 1.82) is 0 Å². The summed E-state index contributed by atoms with van der Waals surface area (Å²) in [7, 11) is 1.68. The molecule has 4 aromatic rings. The zero-order valence-electron chi connectivity index (χ0n) is 22.7. The van der Waals surface area contributed by atoms with Gasteiger partial charge in [0.2, 0.25) is 0 Å². The first kappa shape index (κ1) is 24.4. The maximum Gasteiger partial charge on any atom is 0.197 e. The Morgan fingerprint density at radius 1 is 1.05 bits per heavy atom. The predicted molar refractivity (Wildman–Crippen MR) is 147 cm³/mol. The minimum absolute atomic E-state index is 0.339. The van der Waals surface area contributed by atoms with Crippen LogP contribution in [0.3, 0.4) is 0 Å². The average Bonchev–Trinajstić information content (AvgIpc) is 3.52. The van der Waals surface area contributed by atoms with Crippen molar-refractivity contribution in [3.8, 4) is 17.0 Å². The maximum absolute atomic E-state index is 5.97. The smallest absolute Gasteiger partial charge is 0.197 e. The Morgan fingerprint density at radius 3 is 2.51 bits per heavy atom. The Morgan fingerprint density at radius 2 is 1.81 bits per heavy atom. The summed E-state index contributed by atoms with van der Waals surface area (Å²) in [5.74, 6) is 1.73. The van der Waals surface area contributed by atoms with Crippen molar-refractivity contribution >= 4 is 16.6 Å². The second-order valence-electron chi connectivity index (χ2n) is 11.4. The Kier molecular flexibility index (Phi) is 6.45. The minimum atomic E-state index is 0.339. The quantitative estimate of drug-likeness (QED) is 0.356. The number of rotatable bonds is 5. The van der Waals surface area contributed by atoms with Crippen molar-refractivity contribution in [2.75, 3.05) is 20.2 Å². The number of hydrogen-bond donors (Lipinski definition) is 1. The van der Waals surface area contributed by atoms with Crippen molar-refractivity contribution in [2.45, 2.75) is 83.5 Å². The second-order valence-corrected chi connectivity index (χ2v) is 11.4. The SMILES string of the molecule is COc1cc(-c2[nH]c3ccc(C4CCC(N5CC(C)OC(C)C5)CC4)cc3c2C(C)C)cn2ncnc12. The largest absolute Gasteiger partial charge is 0.493 e. The number of fused-ring (bicyclic) bond motifs is 2. The molecule has 7 heteroatoms. The highest BCUT2D eigenvalue weighted by atomic mass is 16.5. The Balaban J connectivity index is 1.29. The van der Waals surface area contributed by atoms with Gasteiger partial charge in [-0.2, -0.15) is 5.10 Å². The molecule has 6 rings (SSSR count). The van der Waals surface area contributed by atoms with Gasteiger partial charge in [-0.3, -0.25) is 4.90 Å². The van der Waals surface area contributed by atoms with Crippen LogP contribution in [-0.4, -0.2) is 62.9 Å². The molecule has 4 heterocycles. The van der Waals surface area contributed by atoms with Crippen LogP contribution in [0.1, 0.15) is 76.3 Å². The number of morpholine rings is 1. The molecule has 37 heavy (non-hydrogen) atoms. The van der Waals surface area contributed by atoms with E-state index in [1.807, 2.05) is 6.20 Å². The lowest BCUT2D eigenvalue weighted by Crippen LogP contribution is -2.50. The van der Waals surface area contributed by atoms with Crippen LogP contribution >= 0.6 is 0 Å². The first-order chi connectivity index (χ1) is 17.9. The van der Waals surface area contributed by atoms with Gasteiger partial charge >= 0.3 is 0 Å². The fraction of sp³-hybridized carbons (Fsp3) is 0.533. The van der Waals surface area contributed by atoms with E-state index in [2.05, 4.69) is 71.9 Å². The van der Waals surface area contributed by atoms with Gasteiger partial charge in [-0.15, -0.1) is 0 Å². The highest BCUT2D eigenvalue weighted by Gasteiger charge is 2.31. The van der Waals surface area contributed by atoms with Crippen molar-refractivity contribution in [3.63, 3.8) is 0 Å². The van der Waals surface area contributed by atoms with Crippen LogP contribution in [0.4, 0.5) is 0 Å². The van der Waals surface area contributed by atoms with Crippen LogP contribution in [0.15, 0.2) is 36.8 Å². The highest BCUT2D eigenvalue weighted by molar-refractivity contribution is 5.92. The number of nitrogens with one attached hydrogen (secondary N) is 1. The van der Waals surface area contributed by atoms with E-state index in [1.54, 1.807) is 18.0 Å². The van der Waals surface area contributed by atoms with E-state index in [0.717, 1.165) is 35.7 Å². The molecule has 0 bridgehead atoms. The molecule has 3 aromatic heterocycles. The molecule has 2 atom stereocenters. The number of aromatic nitrogens is 4. The van der Waals surface area contributed by atoms with Crippen molar-refractivity contribution in [2.24, 2.45) is 0 Å². The average molecular weight is 502 g/mol. The lowest BCUT2D eigenvalue weighted by atomic mass is 9.80. The Labute approximate surface area is 219 Å². The van der Waals surface area contributed by atoms with Gasteiger partial charge in [0.15, 0.2) is 11.4 Å². The fourth-order valence-electron chi connectivity index (χ4n) is 6.78. The summed E-state index contributed by atoms with van der Waals surface area (Å²) < 4.78 is 13.4. The topological polar surface area (TPSA) is 67.7 Å². The number of aromatic amines is 1. The highest BCUT2D eigenvalue weighted by Crippen LogP contribution is 2.41. The van der Waals surface area contributed by atoms with Gasteiger partial charge < -0.3 is 14.5 Å². The molecule has 1 saturated carbocycles. The minimum Gasteiger partial charge on any atom is -0.493 e. The molecule has 2 aliphatic rings. The van der Waals surface area contributed by atoms with E-state index in [1.165, 1.54) is 47.7 Å². The zero-order valence-corrected chi connectivity index (χ0v) is 22.7. The van der Waals surface area contributed by atoms with E-state index in [-0.39, 0.29) is 0 Å². The summed E-state index contributed by atoms with van der Waals surface area (Å²) in [5, 5.41) is 5.70. The number of hydrogen-bond acceptors (Lipinski definition) is 5. The zero-order chi connectivity index (χ0) is 25.7. The van der Waals surface area contributed by atoms with Gasteiger partial charge in [-0.05, 0) is 80.7 Å². The molecule has 2 fully saturated rings. The summed E-state index contributed by atoms with van der Waals surface area (Å²) in [4.78, 5) is 10.7. The van der Waals surface area contributed by atoms with Gasteiger partial charge in [0.25, 0.3) is 0 Å². The summed E-state index contributed by atoms with van der Waals surface area (Å²) in [5.41, 5.74) is 6.94. The molecule has 1 saturated heterocycles. The van der Waals surface area contributed by atoms with E-state index < -0.39 is 0 Å². The van der Waals surface area contributed by atoms with Crippen LogP contribution in [0, 0.1) is 0 Å². The summed E-state index contributed by atoms with van der Waals surface area (Å²) in [6.07, 6.45) is 9.34. The fourth-order valence-corrected chi connectivity index (χ4v) is 6.78. The lowest BCUT2D eigenvalue weighted by Gasteiger charge is -2.43. The van der Waals surface area contributed by atoms with Gasteiger partial charge in [-0.25, -0.2) is 9.50 Å². The molecular weight excluding hydrogens is 462 g/mol. The molecule has 7 nitrogen and oxygen atoms in total. The van der Waals surface area contributed by atoms with E-state index in [4.69, 9.17) is 9.47 Å². The monoisotopic (exact) mass is 501 g/mol. The summed E-state index contributed by atoms with van der Waals surface area (Å²) >= 11 is 0. The third-order valence-electron chi connectivity index (χ3n) is 8.42. The molecular formula is C30H39N5O2. The normalized spacial score (nSPS) is 25.4. The van der Waals surface area contributed by atoms with E-state index in [9.17, 15) is 0 Å². The van der Waals surface area contributed by atoms with Crippen molar-refractivity contribution in [3.05, 3.63) is 47.9 Å². The van der Waals surface area contributed by atoms with Gasteiger partial charge in [0.1, 0.15) is 6.33 Å². The maximum atomic E-state index is 5.97. The molecule has 0 amide bonds. The molecule has 2 unspecified atom stereocenters. The van der Waals surface area contributed by atoms with Crippen LogP contribution in [-0.2, 0) is 4.74 Å². The summed E-state index contributed by atoms with van der Waals surface area (Å²) in [6.45, 7) is 11.1. The van der Waals surface area contributed by atoms with Crippen LogP contribution in [0.25, 0.3) is 27.8 Å². The van der Waals surface area contributed by atoms with Gasteiger partial charge in [0, 0.05) is 41.8 Å². The number of ether oxygens (including phenoxy) is 2. The molecule has 1 aliphatic carbocycles. The standard InChI is InChI=1S/C30H39N5O2/c1-18(2)28-25-12-22(21-6-9-24(10-7-21)34-14-19(3)37-20(4)15-34)8-11-26(25)33-29(28)23-13-27(36-5)30-31-17-32-35(30)16-23/h8,11-13,16-21,24,33H,6-7,9-10,14-15H2,1-5H3. The van der Waals surface area contributed by atoms with Crippen LogP contribution in [0.2, 0.25) is 0 Å². The molecule has 1 aromatic carbocycles. The first-order valence-electron chi connectivity index (χ1n) is 13.8. The molecule has 0 spiro atoms. The third kappa shape index (κ3) is 4.53. The lowest BCUT2D eigenvalue weighted by molar-refractivity contribution is -0.0844. The predicted octanol–water partition coefficient (Wildman–Crippen LogP) is 6.15. The van der Waals surface area contributed by atoms with Crippen LogP contribution < -0.4 is 4.74 Å².